The first-order chi connectivity index (χ1) is 6.41. The average molecular weight is 201 g/mol. The van der Waals surface area contributed by atoms with Crippen LogP contribution in [0, 0.1) is 0 Å². The van der Waals surface area contributed by atoms with Crippen molar-refractivity contribution in [3.05, 3.63) is 17.5 Å². The van der Waals surface area contributed by atoms with Crippen LogP contribution >= 0.6 is 0 Å². The third-order valence-electron chi connectivity index (χ3n) is 1.90. The van der Waals surface area contributed by atoms with Crippen molar-refractivity contribution in [2.24, 2.45) is 0 Å². The summed E-state index contributed by atoms with van der Waals surface area (Å²) in [6, 6.07) is 0. The molecule has 0 N–H and O–H groups in total. The van der Waals surface area contributed by atoms with E-state index in [4.69, 9.17) is 9.26 Å². The highest BCUT2D eigenvalue weighted by atomic mass is 19.1. The van der Waals surface area contributed by atoms with Crippen molar-refractivity contribution in [1.82, 2.24) is 5.16 Å². The molecule has 0 saturated heterocycles. The minimum Gasteiger partial charge on any atom is -0.364 e. The predicted molar refractivity (Wildman–Crippen MR) is 50.6 cm³/mol. The Balaban J connectivity index is 2.73. The summed E-state index contributed by atoms with van der Waals surface area (Å²) in [5.41, 5.74) is 1.57. The van der Waals surface area contributed by atoms with Gasteiger partial charge in [0.1, 0.15) is 12.0 Å². The molecule has 3 nitrogen and oxygen atoms in total. The molecule has 0 aliphatic rings. The van der Waals surface area contributed by atoms with Gasteiger partial charge in [-0.2, -0.15) is 0 Å². The second-order valence-electron chi connectivity index (χ2n) is 4.28. The van der Waals surface area contributed by atoms with E-state index >= 15 is 0 Å². The lowest BCUT2D eigenvalue weighted by Crippen LogP contribution is -2.14. The first kappa shape index (κ1) is 11.2. The van der Waals surface area contributed by atoms with E-state index in [0.29, 0.717) is 5.69 Å². The Morgan fingerprint density at radius 1 is 1.57 bits per heavy atom. The van der Waals surface area contributed by atoms with Crippen molar-refractivity contribution >= 4 is 0 Å². The molecule has 1 rings (SSSR count). The minimum atomic E-state index is -1.28. The summed E-state index contributed by atoms with van der Waals surface area (Å²) in [6.45, 7) is 7.63. The fraction of sp³-hybridized carbons (Fsp3) is 0.700. The molecule has 1 aromatic rings. The average Bonchev–Trinajstić information content (AvgIpc) is 2.46. The minimum absolute atomic E-state index is 0.0573. The second kappa shape index (κ2) is 4.09. The fourth-order valence-corrected chi connectivity index (χ4v) is 1.17. The molecular weight excluding hydrogens is 185 g/mol. The van der Waals surface area contributed by atoms with Crippen LogP contribution in [-0.4, -0.2) is 11.5 Å². The standard InChI is InChI=1S/C10H16FNO2/c1-7(11)13-6-9-8(5-14-12-9)10(2,3)4/h5,7H,6H2,1-4H3. The second-order valence-corrected chi connectivity index (χ2v) is 4.28. The molecular formula is C10H16FNO2. The largest absolute Gasteiger partial charge is 0.364 e. The van der Waals surface area contributed by atoms with E-state index in [2.05, 4.69) is 5.16 Å². The van der Waals surface area contributed by atoms with Gasteiger partial charge in [0.05, 0.1) is 6.61 Å². The molecule has 1 atom stereocenters. The van der Waals surface area contributed by atoms with Gasteiger partial charge >= 0.3 is 0 Å². The molecule has 0 aliphatic heterocycles. The van der Waals surface area contributed by atoms with Crippen LogP contribution in [-0.2, 0) is 16.8 Å². The number of hydrogen-bond acceptors (Lipinski definition) is 3. The molecule has 0 amide bonds. The number of halogens is 1. The summed E-state index contributed by atoms with van der Waals surface area (Å²) >= 11 is 0. The number of hydrogen-bond donors (Lipinski definition) is 0. The number of ether oxygens (including phenoxy) is 1. The van der Waals surface area contributed by atoms with Gasteiger partial charge in [-0.25, -0.2) is 4.39 Å². The zero-order valence-corrected chi connectivity index (χ0v) is 9.00. The van der Waals surface area contributed by atoms with Crippen molar-refractivity contribution in [3.8, 4) is 0 Å². The highest BCUT2D eigenvalue weighted by molar-refractivity contribution is 5.22. The van der Waals surface area contributed by atoms with Crippen LogP contribution in [0.4, 0.5) is 4.39 Å². The van der Waals surface area contributed by atoms with E-state index in [1.54, 1.807) is 6.26 Å². The summed E-state index contributed by atoms with van der Waals surface area (Å²) in [5, 5.41) is 3.79. The highest BCUT2D eigenvalue weighted by Gasteiger charge is 2.21. The zero-order valence-electron chi connectivity index (χ0n) is 9.00. The number of rotatable bonds is 3. The van der Waals surface area contributed by atoms with E-state index < -0.39 is 6.36 Å². The van der Waals surface area contributed by atoms with Crippen LogP contribution in [0.15, 0.2) is 10.8 Å². The Kier molecular flexibility index (Phi) is 3.26. The lowest BCUT2D eigenvalue weighted by molar-refractivity contribution is -0.0373. The molecule has 0 saturated carbocycles. The van der Waals surface area contributed by atoms with E-state index in [1.807, 2.05) is 20.8 Å². The zero-order chi connectivity index (χ0) is 10.8. The fourth-order valence-electron chi connectivity index (χ4n) is 1.17. The van der Waals surface area contributed by atoms with Gasteiger partial charge in [0, 0.05) is 5.56 Å². The molecule has 0 aromatic carbocycles. The maximum atomic E-state index is 12.4. The Morgan fingerprint density at radius 3 is 2.71 bits per heavy atom. The summed E-state index contributed by atoms with van der Waals surface area (Å²) < 4.78 is 22.1. The van der Waals surface area contributed by atoms with E-state index in [1.165, 1.54) is 6.92 Å². The van der Waals surface area contributed by atoms with Crippen molar-refractivity contribution in [3.63, 3.8) is 0 Å². The summed E-state index contributed by atoms with van der Waals surface area (Å²) in [7, 11) is 0. The molecule has 0 aliphatic carbocycles. The van der Waals surface area contributed by atoms with Crippen LogP contribution in [0.1, 0.15) is 39.0 Å². The van der Waals surface area contributed by atoms with Gasteiger partial charge in [0.25, 0.3) is 0 Å². The quantitative estimate of drug-likeness (QED) is 0.754. The van der Waals surface area contributed by atoms with E-state index in [0.717, 1.165) is 5.56 Å². The van der Waals surface area contributed by atoms with Gasteiger partial charge in [-0.15, -0.1) is 0 Å². The maximum Gasteiger partial charge on any atom is 0.196 e. The monoisotopic (exact) mass is 201 g/mol. The molecule has 0 bridgehead atoms. The Labute approximate surface area is 83.2 Å². The van der Waals surface area contributed by atoms with Gasteiger partial charge < -0.3 is 9.26 Å². The summed E-state index contributed by atoms with van der Waals surface area (Å²) in [4.78, 5) is 0. The number of aromatic nitrogens is 1. The summed E-state index contributed by atoms with van der Waals surface area (Å²) in [6.07, 6.45) is 0.307. The third-order valence-corrected chi connectivity index (χ3v) is 1.90. The van der Waals surface area contributed by atoms with E-state index in [9.17, 15) is 4.39 Å². The molecule has 80 valence electrons. The molecule has 4 heteroatoms. The van der Waals surface area contributed by atoms with Crippen molar-refractivity contribution in [2.45, 2.75) is 46.1 Å². The van der Waals surface area contributed by atoms with Gasteiger partial charge in [0.2, 0.25) is 0 Å². The maximum absolute atomic E-state index is 12.4. The molecule has 0 fully saturated rings. The van der Waals surface area contributed by atoms with Crippen molar-refractivity contribution in [2.75, 3.05) is 0 Å². The Morgan fingerprint density at radius 2 is 2.21 bits per heavy atom. The number of nitrogens with zero attached hydrogens (tertiary/aromatic N) is 1. The summed E-state index contributed by atoms with van der Waals surface area (Å²) in [5.74, 6) is 0. The lowest BCUT2D eigenvalue weighted by Gasteiger charge is -2.17. The van der Waals surface area contributed by atoms with Crippen LogP contribution in [0.25, 0.3) is 0 Å². The van der Waals surface area contributed by atoms with Gasteiger partial charge in [0.15, 0.2) is 6.36 Å². The Bertz CT molecular complexity index is 289. The predicted octanol–water partition coefficient (Wildman–Crippen LogP) is 2.80. The first-order valence-electron chi connectivity index (χ1n) is 4.60. The molecule has 14 heavy (non-hydrogen) atoms. The smallest absolute Gasteiger partial charge is 0.196 e. The van der Waals surface area contributed by atoms with Crippen LogP contribution in [0.3, 0.4) is 0 Å². The first-order valence-corrected chi connectivity index (χ1v) is 4.60. The van der Waals surface area contributed by atoms with Crippen molar-refractivity contribution < 1.29 is 13.7 Å². The lowest BCUT2D eigenvalue weighted by atomic mass is 9.87. The van der Waals surface area contributed by atoms with Crippen molar-refractivity contribution in [1.29, 1.82) is 0 Å². The molecule has 0 radical (unpaired) electrons. The van der Waals surface area contributed by atoms with Crippen LogP contribution in [0.5, 0.6) is 0 Å². The topological polar surface area (TPSA) is 35.3 Å². The molecule has 1 unspecified atom stereocenters. The molecule has 1 aromatic heterocycles. The third kappa shape index (κ3) is 2.80. The van der Waals surface area contributed by atoms with Gasteiger partial charge in [-0.1, -0.05) is 25.9 Å². The SMILES string of the molecule is CC(F)OCc1nocc1C(C)(C)C. The molecule has 0 spiro atoms. The van der Waals surface area contributed by atoms with Crippen LogP contribution < -0.4 is 0 Å². The highest BCUT2D eigenvalue weighted by Crippen LogP contribution is 2.25. The number of alkyl halides is 1. The van der Waals surface area contributed by atoms with E-state index in [-0.39, 0.29) is 12.0 Å². The molecule has 1 heterocycles. The van der Waals surface area contributed by atoms with Gasteiger partial charge in [-0.3, -0.25) is 0 Å². The van der Waals surface area contributed by atoms with Gasteiger partial charge in [-0.05, 0) is 12.3 Å². The normalized spacial score (nSPS) is 14.4. The van der Waals surface area contributed by atoms with Crippen LogP contribution in [0.2, 0.25) is 0 Å². The Hall–Kier alpha value is -0.900.